The number of carbonyl (C=O) groups is 1. The van der Waals surface area contributed by atoms with E-state index in [-0.39, 0.29) is 18.1 Å². The first kappa shape index (κ1) is 15.2. The first-order chi connectivity index (χ1) is 8.89. The summed E-state index contributed by atoms with van der Waals surface area (Å²) >= 11 is 0. The highest BCUT2D eigenvalue weighted by Crippen LogP contribution is 2.13. The van der Waals surface area contributed by atoms with Gasteiger partial charge in [-0.05, 0) is 13.8 Å². The van der Waals surface area contributed by atoms with Gasteiger partial charge in [0.2, 0.25) is 5.95 Å². The van der Waals surface area contributed by atoms with Crippen LogP contribution in [0.1, 0.15) is 23.0 Å². The van der Waals surface area contributed by atoms with E-state index in [0.29, 0.717) is 5.69 Å². The predicted molar refractivity (Wildman–Crippen MR) is 65.2 cm³/mol. The largest absolute Gasteiger partial charge is 0.462 e. The molecule has 0 saturated heterocycles. The van der Waals surface area contributed by atoms with Crippen LogP contribution in [0.3, 0.4) is 0 Å². The van der Waals surface area contributed by atoms with Crippen molar-refractivity contribution in [3.63, 3.8) is 0 Å². The maximum atomic E-state index is 12.9. The lowest BCUT2D eigenvalue weighted by atomic mass is 10.2. The van der Waals surface area contributed by atoms with Crippen LogP contribution in [0.4, 0.5) is 14.7 Å². The Labute approximate surface area is 109 Å². The van der Waals surface area contributed by atoms with E-state index in [4.69, 9.17) is 10.5 Å². The van der Waals surface area contributed by atoms with Crippen LogP contribution >= 0.6 is 0 Å². The zero-order chi connectivity index (χ0) is 14.5. The number of nitrogens with one attached hydrogen (secondary N) is 1. The molecule has 0 spiro atoms. The number of nitrogens with two attached hydrogens (primary N) is 1. The Hall–Kier alpha value is -1.83. The van der Waals surface area contributed by atoms with Crippen LogP contribution in [0.25, 0.3) is 0 Å². The molecule has 0 radical (unpaired) electrons. The first-order valence-electron chi connectivity index (χ1n) is 5.72. The molecule has 106 valence electrons. The number of ether oxygens (including phenoxy) is 1. The number of carbonyl (C=O) groups excluding carboxylic acids is 1. The summed E-state index contributed by atoms with van der Waals surface area (Å²) < 4.78 is 30.7. The van der Waals surface area contributed by atoms with E-state index in [2.05, 4.69) is 15.3 Å². The Bertz CT molecular complexity index is 454. The van der Waals surface area contributed by atoms with Crippen LogP contribution in [0.5, 0.6) is 0 Å². The highest BCUT2D eigenvalue weighted by molar-refractivity contribution is 5.90. The standard InChI is InChI=1S/C11H16F2N4O2/c1-3-19-9(18)8-4-15-10(17-7(8)2)16-6-11(12,13)5-14/h4H,3,5-6,14H2,1-2H3,(H,15,16,17). The molecule has 6 nitrogen and oxygen atoms in total. The summed E-state index contributed by atoms with van der Waals surface area (Å²) in [4.78, 5) is 19.2. The van der Waals surface area contributed by atoms with Gasteiger partial charge in [-0.3, -0.25) is 0 Å². The van der Waals surface area contributed by atoms with Gasteiger partial charge in [0, 0.05) is 6.20 Å². The second-order valence-electron chi connectivity index (χ2n) is 3.83. The fraction of sp³-hybridized carbons (Fsp3) is 0.545. The Kier molecular flexibility index (Phi) is 5.11. The molecule has 0 unspecified atom stereocenters. The molecular weight excluding hydrogens is 258 g/mol. The van der Waals surface area contributed by atoms with E-state index in [0.717, 1.165) is 0 Å². The lowest BCUT2D eigenvalue weighted by molar-refractivity contribution is 0.0251. The minimum Gasteiger partial charge on any atom is -0.462 e. The minimum absolute atomic E-state index is 0.0127. The second-order valence-corrected chi connectivity index (χ2v) is 3.83. The SMILES string of the molecule is CCOC(=O)c1cnc(NCC(F)(F)CN)nc1C. The lowest BCUT2D eigenvalue weighted by Crippen LogP contribution is -2.35. The van der Waals surface area contributed by atoms with E-state index in [1.807, 2.05) is 0 Å². The average molecular weight is 274 g/mol. The molecule has 0 aliphatic carbocycles. The van der Waals surface area contributed by atoms with Crippen LogP contribution in [0.15, 0.2) is 6.20 Å². The van der Waals surface area contributed by atoms with Gasteiger partial charge >= 0.3 is 5.97 Å². The summed E-state index contributed by atoms with van der Waals surface area (Å²) in [7, 11) is 0. The molecular formula is C11H16F2N4O2. The summed E-state index contributed by atoms with van der Waals surface area (Å²) in [5.74, 6) is -3.56. The number of alkyl halides is 2. The molecule has 0 aromatic carbocycles. The van der Waals surface area contributed by atoms with Crippen LogP contribution in [0.2, 0.25) is 0 Å². The van der Waals surface area contributed by atoms with Crippen molar-refractivity contribution in [1.82, 2.24) is 9.97 Å². The van der Waals surface area contributed by atoms with E-state index < -0.39 is 25.0 Å². The smallest absolute Gasteiger partial charge is 0.341 e. The Morgan fingerprint density at radius 1 is 1.58 bits per heavy atom. The van der Waals surface area contributed by atoms with Crippen molar-refractivity contribution in [3.8, 4) is 0 Å². The summed E-state index contributed by atoms with van der Waals surface area (Å²) in [6.07, 6.45) is 1.24. The Morgan fingerprint density at radius 2 is 2.26 bits per heavy atom. The Morgan fingerprint density at radius 3 is 2.79 bits per heavy atom. The fourth-order valence-electron chi connectivity index (χ4n) is 1.24. The highest BCUT2D eigenvalue weighted by Gasteiger charge is 2.26. The molecule has 0 aliphatic heterocycles. The lowest BCUT2D eigenvalue weighted by Gasteiger charge is -2.14. The number of rotatable bonds is 6. The molecule has 0 saturated carbocycles. The number of aromatic nitrogens is 2. The number of halogens is 2. The number of aryl methyl sites for hydroxylation is 1. The summed E-state index contributed by atoms with van der Waals surface area (Å²) in [5.41, 5.74) is 5.47. The van der Waals surface area contributed by atoms with Gasteiger partial charge in [0.1, 0.15) is 0 Å². The molecule has 0 aliphatic rings. The molecule has 1 aromatic rings. The topological polar surface area (TPSA) is 90.1 Å². The number of hydrogen-bond donors (Lipinski definition) is 2. The van der Waals surface area contributed by atoms with Crippen molar-refractivity contribution in [2.45, 2.75) is 19.8 Å². The highest BCUT2D eigenvalue weighted by atomic mass is 19.3. The third kappa shape index (κ3) is 4.40. The third-order valence-corrected chi connectivity index (χ3v) is 2.28. The van der Waals surface area contributed by atoms with E-state index in [9.17, 15) is 13.6 Å². The van der Waals surface area contributed by atoms with Gasteiger partial charge in [0.15, 0.2) is 0 Å². The van der Waals surface area contributed by atoms with Gasteiger partial charge in [0.05, 0.1) is 31.0 Å². The molecule has 0 amide bonds. The van der Waals surface area contributed by atoms with Crippen molar-refractivity contribution in [1.29, 1.82) is 0 Å². The van der Waals surface area contributed by atoms with Crippen LogP contribution in [-0.4, -0.2) is 41.6 Å². The molecule has 1 aromatic heterocycles. The molecule has 19 heavy (non-hydrogen) atoms. The van der Waals surface area contributed by atoms with E-state index in [1.54, 1.807) is 13.8 Å². The van der Waals surface area contributed by atoms with Crippen LogP contribution < -0.4 is 11.1 Å². The number of anilines is 1. The molecule has 8 heteroatoms. The average Bonchev–Trinajstić information content (AvgIpc) is 2.37. The maximum Gasteiger partial charge on any atom is 0.341 e. The summed E-state index contributed by atoms with van der Waals surface area (Å²) in [6.45, 7) is 2.06. The van der Waals surface area contributed by atoms with Crippen LogP contribution in [-0.2, 0) is 4.74 Å². The maximum absolute atomic E-state index is 12.9. The predicted octanol–water partition coefficient (Wildman–Crippen LogP) is 0.968. The second kappa shape index (κ2) is 6.37. The summed E-state index contributed by atoms with van der Waals surface area (Å²) in [6, 6.07) is 0. The number of hydrogen-bond acceptors (Lipinski definition) is 6. The zero-order valence-corrected chi connectivity index (χ0v) is 10.7. The minimum atomic E-state index is -3.03. The van der Waals surface area contributed by atoms with Crippen molar-refractivity contribution in [2.24, 2.45) is 5.73 Å². The van der Waals surface area contributed by atoms with Gasteiger partial charge in [-0.1, -0.05) is 0 Å². The number of esters is 1. The quantitative estimate of drug-likeness (QED) is 0.751. The third-order valence-electron chi connectivity index (χ3n) is 2.28. The normalized spacial score (nSPS) is 11.2. The Balaban J connectivity index is 2.74. The van der Waals surface area contributed by atoms with Gasteiger partial charge in [-0.2, -0.15) is 0 Å². The number of nitrogens with zero attached hydrogens (tertiary/aromatic N) is 2. The van der Waals surface area contributed by atoms with Crippen LogP contribution in [0, 0.1) is 6.92 Å². The van der Waals surface area contributed by atoms with Crippen molar-refractivity contribution in [2.75, 3.05) is 25.0 Å². The summed E-state index contributed by atoms with van der Waals surface area (Å²) in [5, 5.41) is 2.37. The van der Waals surface area contributed by atoms with E-state index >= 15 is 0 Å². The van der Waals surface area contributed by atoms with E-state index in [1.165, 1.54) is 6.20 Å². The first-order valence-corrected chi connectivity index (χ1v) is 5.72. The molecule has 0 bridgehead atoms. The zero-order valence-electron chi connectivity index (χ0n) is 10.7. The monoisotopic (exact) mass is 274 g/mol. The molecule has 3 N–H and O–H groups in total. The van der Waals surface area contributed by atoms with Gasteiger partial charge in [0.25, 0.3) is 5.92 Å². The fourth-order valence-corrected chi connectivity index (χ4v) is 1.24. The molecule has 0 fully saturated rings. The molecule has 1 rings (SSSR count). The van der Waals surface area contributed by atoms with Gasteiger partial charge in [-0.15, -0.1) is 0 Å². The van der Waals surface area contributed by atoms with Crippen molar-refractivity contribution >= 4 is 11.9 Å². The molecule has 1 heterocycles. The van der Waals surface area contributed by atoms with Gasteiger partial charge in [-0.25, -0.2) is 23.5 Å². The van der Waals surface area contributed by atoms with Crippen molar-refractivity contribution < 1.29 is 18.3 Å². The van der Waals surface area contributed by atoms with Crippen molar-refractivity contribution in [3.05, 3.63) is 17.5 Å². The molecule has 0 atom stereocenters. The van der Waals surface area contributed by atoms with Gasteiger partial charge < -0.3 is 15.8 Å².